The van der Waals surface area contributed by atoms with Crippen molar-refractivity contribution in [3.63, 3.8) is 0 Å². The number of carbonyl (C=O) groups is 1. The zero-order valence-corrected chi connectivity index (χ0v) is 12.0. The van der Waals surface area contributed by atoms with Gasteiger partial charge in [0.15, 0.2) is 0 Å². The molecule has 1 saturated heterocycles. The Morgan fingerprint density at radius 1 is 1.55 bits per heavy atom. The van der Waals surface area contributed by atoms with Gasteiger partial charge in [-0.2, -0.15) is 0 Å². The first-order valence-electron chi connectivity index (χ1n) is 6.59. The summed E-state index contributed by atoms with van der Waals surface area (Å²) in [6, 6.07) is 3.69. The summed E-state index contributed by atoms with van der Waals surface area (Å²) in [5.41, 5.74) is 1.06. The summed E-state index contributed by atoms with van der Waals surface area (Å²) in [5, 5.41) is 9.48. The van der Waals surface area contributed by atoms with Crippen molar-refractivity contribution in [3.05, 3.63) is 35.1 Å². The van der Waals surface area contributed by atoms with E-state index in [0.29, 0.717) is 30.9 Å². The number of nitrogens with zero attached hydrogens (tertiary/aromatic N) is 1. The number of aliphatic carboxylic acids is 1. The molecule has 1 atom stereocenters. The molecule has 0 spiro atoms. The molecule has 0 aliphatic carbocycles. The van der Waals surface area contributed by atoms with Gasteiger partial charge < -0.3 is 9.84 Å². The average molecular weight is 281 g/mol. The number of likely N-dealkylation sites (N-methyl/N-ethyl adjacent to an activating group) is 1. The van der Waals surface area contributed by atoms with E-state index < -0.39 is 12.0 Å². The highest BCUT2D eigenvalue weighted by Gasteiger charge is 2.37. The maximum absolute atomic E-state index is 13.3. The molecule has 1 unspecified atom stereocenters. The van der Waals surface area contributed by atoms with E-state index in [1.165, 1.54) is 12.1 Å². The Morgan fingerprint density at radius 2 is 2.20 bits per heavy atom. The summed E-state index contributed by atoms with van der Waals surface area (Å²) in [6.45, 7) is 5.62. The number of hydrogen-bond donors (Lipinski definition) is 1. The molecule has 0 saturated carbocycles. The standard InChI is InChI=1S/C15H20FNO3/c1-10-6-11(4-5-12(10)16)13(14(18)19)17(3)7-15(2)8-20-9-15/h4-6,13H,7-9H2,1-3H3,(H,18,19). The Labute approximate surface area is 118 Å². The fourth-order valence-electron chi connectivity index (χ4n) is 2.66. The summed E-state index contributed by atoms with van der Waals surface area (Å²) >= 11 is 0. The van der Waals surface area contributed by atoms with E-state index in [9.17, 15) is 14.3 Å². The van der Waals surface area contributed by atoms with Gasteiger partial charge in [0.1, 0.15) is 11.9 Å². The van der Waals surface area contributed by atoms with Crippen LogP contribution < -0.4 is 0 Å². The third-order valence-corrected chi connectivity index (χ3v) is 3.70. The van der Waals surface area contributed by atoms with Crippen molar-refractivity contribution in [2.24, 2.45) is 5.41 Å². The van der Waals surface area contributed by atoms with E-state index in [1.54, 1.807) is 24.9 Å². The minimum Gasteiger partial charge on any atom is -0.480 e. The Bertz CT molecular complexity index is 514. The first kappa shape index (κ1) is 14.9. The first-order chi connectivity index (χ1) is 9.32. The highest BCUT2D eigenvalue weighted by atomic mass is 19.1. The van der Waals surface area contributed by atoms with Gasteiger partial charge in [0, 0.05) is 12.0 Å². The third kappa shape index (κ3) is 2.99. The van der Waals surface area contributed by atoms with Crippen molar-refractivity contribution in [2.45, 2.75) is 19.9 Å². The minimum absolute atomic E-state index is 0.00246. The van der Waals surface area contributed by atoms with Gasteiger partial charge in [-0.05, 0) is 31.2 Å². The van der Waals surface area contributed by atoms with Crippen LogP contribution in [0.2, 0.25) is 0 Å². The van der Waals surface area contributed by atoms with Crippen molar-refractivity contribution in [1.82, 2.24) is 4.90 Å². The van der Waals surface area contributed by atoms with E-state index in [0.717, 1.165) is 0 Å². The van der Waals surface area contributed by atoms with Gasteiger partial charge in [0.05, 0.1) is 13.2 Å². The molecule has 1 aromatic carbocycles. The van der Waals surface area contributed by atoms with Crippen molar-refractivity contribution in [2.75, 3.05) is 26.8 Å². The normalized spacial score (nSPS) is 18.6. The Balaban J connectivity index is 2.21. The predicted molar refractivity (Wildman–Crippen MR) is 73.1 cm³/mol. The van der Waals surface area contributed by atoms with Crippen molar-refractivity contribution in [1.29, 1.82) is 0 Å². The molecule has 1 N–H and O–H groups in total. The average Bonchev–Trinajstić information content (AvgIpc) is 2.31. The predicted octanol–water partition coefficient (Wildman–Crippen LogP) is 2.23. The number of rotatable bonds is 5. The molecule has 0 radical (unpaired) electrons. The molecule has 0 aromatic heterocycles. The molecular formula is C15H20FNO3. The van der Waals surface area contributed by atoms with Crippen molar-refractivity contribution in [3.8, 4) is 0 Å². The number of carboxylic acid groups (broad SMARTS) is 1. The smallest absolute Gasteiger partial charge is 0.325 e. The number of benzene rings is 1. The number of aryl methyl sites for hydroxylation is 1. The number of hydrogen-bond acceptors (Lipinski definition) is 3. The Kier molecular flexibility index (Phi) is 4.11. The molecule has 0 bridgehead atoms. The van der Waals surface area contributed by atoms with Crippen LogP contribution in [0.5, 0.6) is 0 Å². The second kappa shape index (κ2) is 5.50. The SMILES string of the molecule is Cc1cc(C(C(=O)O)N(C)CC2(C)COC2)ccc1F. The molecule has 20 heavy (non-hydrogen) atoms. The minimum atomic E-state index is -0.928. The molecule has 2 rings (SSSR count). The lowest BCUT2D eigenvalue weighted by molar-refractivity contribution is -0.148. The van der Waals surface area contributed by atoms with E-state index in [4.69, 9.17) is 4.74 Å². The maximum Gasteiger partial charge on any atom is 0.325 e. The van der Waals surface area contributed by atoms with Gasteiger partial charge in [0.2, 0.25) is 0 Å². The summed E-state index contributed by atoms with van der Waals surface area (Å²) in [5.74, 6) is -1.25. The van der Waals surface area contributed by atoms with Crippen LogP contribution in [0.25, 0.3) is 0 Å². The number of carboxylic acids is 1. The lowest BCUT2D eigenvalue weighted by Gasteiger charge is -2.42. The van der Waals surface area contributed by atoms with Gasteiger partial charge >= 0.3 is 5.97 Å². The first-order valence-corrected chi connectivity index (χ1v) is 6.59. The fourth-order valence-corrected chi connectivity index (χ4v) is 2.66. The lowest BCUT2D eigenvalue weighted by atomic mass is 9.87. The van der Waals surface area contributed by atoms with E-state index in [1.807, 2.05) is 0 Å². The monoisotopic (exact) mass is 281 g/mol. The maximum atomic E-state index is 13.3. The van der Waals surface area contributed by atoms with Crippen LogP contribution in [0.15, 0.2) is 18.2 Å². The molecule has 5 heteroatoms. The van der Waals surface area contributed by atoms with Crippen LogP contribution in [-0.4, -0.2) is 42.8 Å². The van der Waals surface area contributed by atoms with Gasteiger partial charge in [0.25, 0.3) is 0 Å². The number of halogens is 1. The second-order valence-corrected chi connectivity index (χ2v) is 5.97. The van der Waals surface area contributed by atoms with Crippen LogP contribution in [0, 0.1) is 18.2 Å². The molecule has 1 aromatic rings. The summed E-state index contributed by atoms with van der Waals surface area (Å²) in [7, 11) is 1.78. The molecule has 1 heterocycles. The molecule has 1 aliphatic rings. The summed E-state index contributed by atoms with van der Waals surface area (Å²) < 4.78 is 18.5. The van der Waals surface area contributed by atoms with Gasteiger partial charge in [-0.1, -0.05) is 19.1 Å². The topological polar surface area (TPSA) is 49.8 Å². The van der Waals surface area contributed by atoms with E-state index in [2.05, 4.69) is 6.92 Å². The Morgan fingerprint density at radius 3 is 2.65 bits per heavy atom. The van der Waals surface area contributed by atoms with Gasteiger partial charge in [-0.15, -0.1) is 0 Å². The molecule has 4 nitrogen and oxygen atoms in total. The zero-order chi connectivity index (χ0) is 14.9. The molecule has 1 fully saturated rings. The summed E-state index contributed by atoms with van der Waals surface area (Å²) in [4.78, 5) is 13.4. The molecule has 0 amide bonds. The van der Waals surface area contributed by atoms with Crippen LogP contribution in [-0.2, 0) is 9.53 Å². The van der Waals surface area contributed by atoms with Crippen LogP contribution in [0.1, 0.15) is 24.1 Å². The largest absolute Gasteiger partial charge is 0.480 e. The summed E-state index contributed by atoms with van der Waals surface area (Å²) in [6.07, 6.45) is 0. The van der Waals surface area contributed by atoms with Crippen LogP contribution in [0.3, 0.4) is 0 Å². The van der Waals surface area contributed by atoms with Crippen molar-refractivity contribution < 1.29 is 19.0 Å². The highest BCUT2D eigenvalue weighted by Crippen LogP contribution is 2.31. The molecular weight excluding hydrogens is 261 g/mol. The number of ether oxygens (including phenoxy) is 1. The van der Waals surface area contributed by atoms with E-state index in [-0.39, 0.29) is 11.2 Å². The second-order valence-electron chi connectivity index (χ2n) is 5.97. The highest BCUT2D eigenvalue weighted by molar-refractivity contribution is 5.75. The van der Waals surface area contributed by atoms with Gasteiger partial charge in [-0.25, -0.2) is 4.39 Å². The third-order valence-electron chi connectivity index (χ3n) is 3.70. The molecule has 1 aliphatic heterocycles. The fraction of sp³-hybridized carbons (Fsp3) is 0.533. The lowest BCUT2D eigenvalue weighted by Crippen LogP contribution is -2.49. The van der Waals surface area contributed by atoms with Crippen molar-refractivity contribution >= 4 is 5.97 Å². The quantitative estimate of drug-likeness (QED) is 0.899. The van der Waals surface area contributed by atoms with Gasteiger partial charge in [-0.3, -0.25) is 9.69 Å². The Hall–Kier alpha value is -1.46. The van der Waals surface area contributed by atoms with E-state index >= 15 is 0 Å². The molecule has 110 valence electrons. The zero-order valence-electron chi connectivity index (χ0n) is 12.0. The van der Waals surface area contributed by atoms with Crippen LogP contribution in [0.4, 0.5) is 4.39 Å². The van der Waals surface area contributed by atoms with Crippen LogP contribution >= 0.6 is 0 Å².